The number of benzene rings is 1. The van der Waals surface area contributed by atoms with Crippen LogP contribution in [0, 0.1) is 0 Å². The van der Waals surface area contributed by atoms with Gasteiger partial charge in [0.2, 0.25) is 0 Å². The van der Waals surface area contributed by atoms with E-state index in [4.69, 9.17) is 9.47 Å². The summed E-state index contributed by atoms with van der Waals surface area (Å²) >= 11 is 0. The van der Waals surface area contributed by atoms with Crippen molar-refractivity contribution in [2.45, 2.75) is 84.6 Å². The molecule has 0 saturated carbocycles. The number of ether oxygens (including phenoxy) is 2. The van der Waals surface area contributed by atoms with Gasteiger partial charge in [-0.3, -0.25) is 9.69 Å². The van der Waals surface area contributed by atoms with E-state index in [0.717, 1.165) is 44.6 Å². The number of hydrogen-bond donors (Lipinski definition) is 1. The molecule has 1 aliphatic rings. The predicted molar refractivity (Wildman–Crippen MR) is 115 cm³/mol. The highest BCUT2D eigenvalue weighted by Gasteiger charge is 2.20. The van der Waals surface area contributed by atoms with E-state index in [9.17, 15) is 4.79 Å². The molecule has 1 amide bonds. The summed E-state index contributed by atoms with van der Waals surface area (Å²) in [6.45, 7) is 11.8. The van der Waals surface area contributed by atoms with Crippen LogP contribution in [0.4, 0.5) is 5.69 Å². The molecule has 0 aromatic heterocycles. The van der Waals surface area contributed by atoms with Crippen LogP contribution in [0.3, 0.4) is 0 Å². The molecule has 158 valence electrons. The van der Waals surface area contributed by atoms with Crippen molar-refractivity contribution in [3.63, 3.8) is 0 Å². The zero-order valence-electron chi connectivity index (χ0n) is 18.1. The highest BCUT2D eigenvalue weighted by molar-refractivity contribution is 5.93. The Kier molecular flexibility index (Phi) is 9.96. The molecule has 0 unspecified atom stereocenters. The molecule has 5 heteroatoms. The van der Waals surface area contributed by atoms with Gasteiger partial charge >= 0.3 is 0 Å². The van der Waals surface area contributed by atoms with Gasteiger partial charge in [-0.2, -0.15) is 0 Å². The number of carbonyl (C=O) groups is 1. The van der Waals surface area contributed by atoms with Crippen molar-refractivity contribution >= 4 is 11.6 Å². The number of hydrogen-bond acceptors (Lipinski definition) is 4. The Hall–Kier alpha value is -1.43. The molecule has 0 aliphatic carbocycles. The van der Waals surface area contributed by atoms with Gasteiger partial charge in [0.05, 0.1) is 6.10 Å². The zero-order chi connectivity index (χ0) is 20.4. The van der Waals surface area contributed by atoms with Gasteiger partial charge in [0, 0.05) is 38.0 Å². The first-order valence-corrected chi connectivity index (χ1v) is 10.9. The number of amides is 1. The van der Waals surface area contributed by atoms with Crippen molar-refractivity contribution in [3.8, 4) is 0 Å². The quantitative estimate of drug-likeness (QED) is 0.561. The Morgan fingerprint density at radius 3 is 2.61 bits per heavy atom. The average molecular weight is 391 g/mol. The second-order valence-electron chi connectivity index (χ2n) is 8.06. The van der Waals surface area contributed by atoms with Crippen LogP contribution in [0.1, 0.15) is 65.4 Å². The first-order chi connectivity index (χ1) is 13.5. The number of carbonyl (C=O) groups excluding carboxylic acids is 1. The van der Waals surface area contributed by atoms with Crippen molar-refractivity contribution in [3.05, 3.63) is 29.8 Å². The molecule has 1 aromatic rings. The molecule has 1 N–H and O–H groups in total. The molecule has 1 aromatic carbocycles. The van der Waals surface area contributed by atoms with Crippen LogP contribution in [0.5, 0.6) is 0 Å². The molecule has 0 bridgehead atoms. The molecule has 0 radical (unpaired) electrons. The second kappa shape index (κ2) is 12.2. The van der Waals surface area contributed by atoms with Gasteiger partial charge in [0.25, 0.3) is 5.91 Å². The Balaban J connectivity index is 1.85. The van der Waals surface area contributed by atoms with Gasteiger partial charge < -0.3 is 14.8 Å². The maximum absolute atomic E-state index is 12.2. The molecule has 2 atom stereocenters. The fraction of sp³-hybridized carbons (Fsp3) is 0.696. The van der Waals surface area contributed by atoms with Crippen LogP contribution in [0.25, 0.3) is 0 Å². The zero-order valence-corrected chi connectivity index (χ0v) is 18.1. The first-order valence-electron chi connectivity index (χ1n) is 10.9. The molecular weight excluding hydrogens is 352 g/mol. The molecule has 0 spiro atoms. The summed E-state index contributed by atoms with van der Waals surface area (Å²) in [5, 5.41) is 2.94. The summed E-state index contributed by atoms with van der Waals surface area (Å²) < 4.78 is 11.5. The molecule has 1 aliphatic heterocycles. The largest absolute Gasteiger partial charge is 0.377 e. The standard InChI is InChI=1S/C23H38N2O3/c1-5-6-14-27-19(4)23(26)24-21-12-10-20(11-13-21)16-25(18(2)3)17-22-9-7-8-15-28-22/h10-13,18-19,22H,5-9,14-17H2,1-4H3,(H,24,26)/t19-,22+/m0/s1. The molecule has 1 saturated heterocycles. The third kappa shape index (κ3) is 7.90. The van der Waals surface area contributed by atoms with Gasteiger partial charge in [-0.1, -0.05) is 25.5 Å². The summed E-state index contributed by atoms with van der Waals surface area (Å²) in [4.78, 5) is 14.7. The molecule has 2 rings (SSSR count). The van der Waals surface area contributed by atoms with E-state index < -0.39 is 6.10 Å². The average Bonchev–Trinajstić information content (AvgIpc) is 2.69. The van der Waals surface area contributed by atoms with Crippen molar-refractivity contribution in [2.75, 3.05) is 25.1 Å². The lowest BCUT2D eigenvalue weighted by Gasteiger charge is -2.32. The molecule has 1 heterocycles. The number of rotatable bonds is 11. The highest BCUT2D eigenvalue weighted by Crippen LogP contribution is 2.18. The Morgan fingerprint density at radius 2 is 2.00 bits per heavy atom. The maximum Gasteiger partial charge on any atom is 0.253 e. The number of anilines is 1. The van der Waals surface area contributed by atoms with Crippen LogP contribution in [-0.4, -0.2) is 48.8 Å². The van der Waals surface area contributed by atoms with E-state index in [-0.39, 0.29) is 5.91 Å². The minimum absolute atomic E-state index is 0.0953. The predicted octanol–water partition coefficient (Wildman–Crippen LogP) is 4.61. The summed E-state index contributed by atoms with van der Waals surface area (Å²) in [5.41, 5.74) is 2.06. The Bertz CT molecular complexity index is 568. The fourth-order valence-corrected chi connectivity index (χ4v) is 3.32. The summed E-state index contributed by atoms with van der Waals surface area (Å²) in [7, 11) is 0. The van der Waals surface area contributed by atoms with Crippen LogP contribution < -0.4 is 5.32 Å². The topological polar surface area (TPSA) is 50.8 Å². The lowest BCUT2D eigenvalue weighted by atomic mass is 10.1. The maximum atomic E-state index is 12.2. The Labute approximate surface area is 170 Å². The van der Waals surface area contributed by atoms with E-state index >= 15 is 0 Å². The molecule has 1 fully saturated rings. The molecule has 5 nitrogen and oxygen atoms in total. The third-order valence-corrected chi connectivity index (χ3v) is 5.28. The highest BCUT2D eigenvalue weighted by atomic mass is 16.5. The Morgan fingerprint density at radius 1 is 1.25 bits per heavy atom. The van der Waals surface area contributed by atoms with Gasteiger partial charge in [-0.25, -0.2) is 0 Å². The van der Waals surface area contributed by atoms with Crippen LogP contribution in [0.2, 0.25) is 0 Å². The minimum atomic E-state index is -0.432. The van der Waals surface area contributed by atoms with Crippen molar-refractivity contribution in [2.24, 2.45) is 0 Å². The third-order valence-electron chi connectivity index (χ3n) is 5.28. The monoisotopic (exact) mass is 390 g/mol. The lowest BCUT2D eigenvalue weighted by molar-refractivity contribution is -0.126. The SMILES string of the molecule is CCCCO[C@@H](C)C(=O)Nc1ccc(CN(C[C@H]2CCCCO2)C(C)C)cc1. The summed E-state index contributed by atoms with van der Waals surface area (Å²) in [6, 6.07) is 8.60. The van der Waals surface area contributed by atoms with Crippen molar-refractivity contribution in [1.82, 2.24) is 4.90 Å². The smallest absolute Gasteiger partial charge is 0.253 e. The molecular formula is C23H38N2O3. The van der Waals surface area contributed by atoms with E-state index in [1.54, 1.807) is 6.92 Å². The lowest BCUT2D eigenvalue weighted by Crippen LogP contribution is -2.39. The molecule has 28 heavy (non-hydrogen) atoms. The number of nitrogens with one attached hydrogen (secondary N) is 1. The summed E-state index contributed by atoms with van der Waals surface area (Å²) in [5.74, 6) is -0.0953. The first kappa shape index (κ1) is 22.9. The van der Waals surface area contributed by atoms with Crippen molar-refractivity contribution < 1.29 is 14.3 Å². The number of nitrogens with zero attached hydrogens (tertiary/aromatic N) is 1. The van der Waals surface area contributed by atoms with Gasteiger partial charge in [-0.15, -0.1) is 0 Å². The van der Waals surface area contributed by atoms with Crippen LogP contribution >= 0.6 is 0 Å². The second-order valence-corrected chi connectivity index (χ2v) is 8.06. The van der Waals surface area contributed by atoms with E-state index in [1.165, 1.54) is 18.4 Å². The normalized spacial score (nSPS) is 18.4. The van der Waals surface area contributed by atoms with Crippen LogP contribution in [0.15, 0.2) is 24.3 Å². The summed E-state index contributed by atoms with van der Waals surface area (Å²) in [6.07, 6.45) is 5.58. The van der Waals surface area contributed by atoms with Gasteiger partial charge in [0.1, 0.15) is 6.10 Å². The van der Waals surface area contributed by atoms with E-state index in [1.807, 2.05) is 12.1 Å². The van der Waals surface area contributed by atoms with E-state index in [2.05, 4.69) is 43.1 Å². The van der Waals surface area contributed by atoms with Gasteiger partial charge in [-0.05, 0) is 64.2 Å². The minimum Gasteiger partial charge on any atom is -0.377 e. The van der Waals surface area contributed by atoms with Crippen molar-refractivity contribution in [1.29, 1.82) is 0 Å². The fourth-order valence-electron chi connectivity index (χ4n) is 3.32. The van der Waals surface area contributed by atoms with E-state index in [0.29, 0.717) is 18.8 Å². The number of unbranched alkanes of at least 4 members (excludes halogenated alkanes) is 1. The van der Waals surface area contributed by atoms with Crippen LogP contribution in [-0.2, 0) is 20.8 Å². The van der Waals surface area contributed by atoms with Gasteiger partial charge in [0.15, 0.2) is 0 Å².